The summed E-state index contributed by atoms with van der Waals surface area (Å²) in [6.45, 7) is 4.35. The van der Waals surface area contributed by atoms with Gasteiger partial charge in [-0.25, -0.2) is 0 Å². The molecule has 0 atom stereocenters. The van der Waals surface area contributed by atoms with Crippen molar-refractivity contribution in [2.45, 2.75) is 6.42 Å². The number of hydrogen-bond donors (Lipinski definition) is 2. The van der Waals surface area contributed by atoms with E-state index >= 15 is 0 Å². The molecule has 2 aromatic rings. The molecule has 0 saturated carbocycles. The van der Waals surface area contributed by atoms with Crippen LogP contribution in [0.3, 0.4) is 0 Å². The third-order valence-corrected chi connectivity index (χ3v) is 3.74. The smallest absolute Gasteiger partial charge is 0.177 e. The number of ether oxygens (including phenoxy) is 1. The number of rotatable bonds is 4. The Bertz CT molecular complexity index is 591. The molecule has 1 aromatic carbocycles. The molecular formula is C14H19N3O3. The average molecular weight is 277 g/mol. The number of nitrogens with zero attached hydrogens (tertiary/aromatic N) is 2. The van der Waals surface area contributed by atoms with Crippen molar-refractivity contribution in [2.75, 3.05) is 45.2 Å². The van der Waals surface area contributed by atoms with E-state index < -0.39 is 0 Å². The van der Waals surface area contributed by atoms with Gasteiger partial charge in [0.25, 0.3) is 0 Å². The summed E-state index contributed by atoms with van der Waals surface area (Å²) in [4.78, 5) is 2.34. The largest absolute Gasteiger partial charge is 0.508 e. The standard InChI is InChI=1S/C14H19N3O3/c1-15-14-13-10(4-5-17-6-8-19-9-7-17)11(18)2-3-12(13)20-16-14/h2-3,18H,4-9H2,1H3,(H,15,16). The first-order valence-electron chi connectivity index (χ1n) is 6.87. The summed E-state index contributed by atoms with van der Waals surface area (Å²) in [5.74, 6) is 0.971. The number of phenols is 1. The Hall–Kier alpha value is -1.79. The van der Waals surface area contributed by atoms with E-state index in [0.29, 0.717) is 17.2 Å². The van der Waals surface area contributed by atoms with E-state index in [1.54, 1.807) is 19.2 Å². The van der Waals surface area contributed by atoms with E-state index in [-0.39, 0.29) is 0 Å². The van der Waals surface area contributed by atoms with E-state index in [1.165, 1.54) is 0 Å². The molecule has 1 aromatic heterocycles. The SMILES string of the molecule is CNc1noc2ccc(O)c(CCN3CCOCC3)c12. The molecule has 1 fully saturated rings. The number of aromatic nitrogens is 1. The number of aromatic hydroxyl groups is 1. The van der Waals surface area contributed by atoms with Gasteiger partial charge in [-0.3, -0.25) is 4.90 Å². The Labute approximate surface area is 117 Å². The highest BCUT2D eigenvalue weighted by atomic mass is 16.5. The fourth-order valence-electron chi connectivity index (χ4n) is 2.61. The summed E-state index contributed by atoms with van der Waals surface area (Å²) in [7, 11) is 1.80. The van der Waals surface area contributed by atoms with E-state index in [4.69, 9.17) is 9.26 Å². The number of benzene rings is 1. The maximum absolute atomic E-state index is 10.1. The molecular weight excluding hydrogens is 258 g/mol. The van der Waals surface area contributed by atoms with Crippen molar-refractivity contribution in [3.63, 3.8) is 0 Å². The van der Waals surface area contributed by atoms with Crippen LogP contribution >= 0.6 is 0 Å². The highest BCUT2D eigenvalue weighted by Crippen LogP contribution is 2.32. The van der Waals surface area contributed by atoms with E-state index in [2.05, 4.69) is 15.4 Å². The van der Waals surface area contributed by atoms with Gasteiger partial charge in [0.05, 0.1) is 18.6 Å². The monoisotopic (exact) mass is 277 g/mol. The van der Waals surface area contributed by atoms with Gasteiger partial charge in [-0.05, 0) is 18.6 Å². The summed E-state index contributed by atoms with van der Waals surface area (Å²) in [6, 6.07) is 3.42. The van der Waals surface area contributed by atoms with Crippen LogP contribution < -0.4 is 5.32 Å². The Morgan fingerprint density at radius 1 is 1.35 bits per heavy atom. The van der Waals surface area contributed by atoms with Crippen LogP contribution in [-0.4, -0.2) is 55.1 Å². The van der Waals surface area contributed by atoms with Crippen LogP contribution in [0.5, 0.6) is 5.75 Å². The van der Waals surface area contributed by atoms with Crippen LogP contribution in [0.2, 0.25) is 0 Å². The van der Waals surface area contributed by atoms with Gasteiger partial charge in [0.2, 0.25) is 0 Å². The summed E-state index contributed by atoms with van der Waals surface area (Å²) >= 11 is 0. The van der Waals surface area contributed by atoms with Crippen molar-refractivity contribution >= 4 is 16.8 Å². The van der Waals surface area contributed by atoms with Gasteiger partial charge >= 0.3 is 0 Å². The second-order valence-electron chi connectivity index (χ2n) is 4.92. The predicted molar refractivity (Wildman–Crippen MR) is 76.2 cm³/mol. The van der Waals surface area contributed by atoms with Crippen LogP contribution in [0.4, 0.5) is 5.82 Å². The van der Waals surface area contributed by atoms with E-state index in [9.17, 15) is 5.11 Å². The molecule has 3 rings (SSSR count). The minimum atomic E-state index is 0.297. The van der Waals surface area contributed by atoms with Crippen molar-refractivity contribution in [2.24, 2.45) is 0 Å². The number of nitrogens with one attached hydrogen (secondary N) is 1. The Morgan fingerprint density at radius 3 is 2.90 bits per heavy atom. The molecule has 20 heavy (non-hydrogen) atoms. The molecule has 0 aliphatic carbocycles. The van der Waals surface area contributed by atoms with E-state index in [0.717, 1.165) is 50.2 Å². The van der Waals surface area contributed by atoms with Gasteiger partial charge in [-0.1, -0.05) is 5.16 Å². The third-order valence-electron chi connectivity index (χ3n) is 3.74. The molecule has 0 radical (unpaired) electrons. The summed E-state index contributed by atoms with van der Waals surface area (Å²) < 4.78 is 10.6. The van der Waals surface area contributed by atoms with Crippen LogP contribution in [0.15, 0.2) is 16.7 Å². The minimum Gasteiger partial charge on any atom is -0.508 e. The van der Waals surface area contributed by atoms with Crippen molar-refractivity contribution < 1.29 is 14.4 Å². The second kappa shape index (κ2) is 5.68. The molecule has 0 amide bonds. The van der Waals surface area contributed by atoms with Gasteiger partial charge in [-0.15, -0.1) is 0 Å². The molecule has 6 nitrogen and oxygen atoms in total. The first-order valence-corrected chi connectivity index (χ1v) is 6.87. The quantitative estimate of drug-likeness (QED) is 0.881. The van der Waals surface area contributed by atoms with Crippen LogP contribution in [0.25, 0.3) is 11.0 Å². The summed E-state index contributed by atoms with van der Waals surface area (Å²) in [5, 5.41) is 18.0. The first kappa shape index (κ1) is 13.2. The number of anilines is 1. The zero-order valence-corrected chi connectivity index (χ0v) is 11.6. The summed E-state index contributed by atoms with van der Waals surface area (Å²) in [6.07, 6.45) is 0.763. The fourth-order valence-corrected chi connectivity index (χ4v) is 2.61. The lowest BCUT2D eigenvalue weighted by Crippen LogP contribution is -2.37. The Morgan fingerprint density at radius 2 is 2.15 bits per heavy atom. The normalized spacial score (nSPS) is 16.6. The summed E-state index contributed by atoms with van der Waals surface area (Å²) in [5.41, 5.74) is 1.59. The highest BCUT2D eigenvalue weighted by molar-refractivity contribution is 5.92. The van der Waals surface area contributed by atoms with Gasteiger partial charge in [0, 0.05) is 32.2 Å². The molecule has 1 aliphatic rings. The van der Waals surface area contributed by atoms with Crippen molar-refractivity contribution in [3.05, 3.63) is 17.7 Å². The Balaban J connectivity index is 1.85. The predicted octanol–water partition coefficient (Wildman–Crippen LogP) is 1.45. The molecule has 2 heterocycles. The molecule has 1 saturated heterocycles. The average Bonchev–Trinajstić information content (AvgIpc) is 2.90. The number of phenolic OH excluding ortho intramolecular Hbond substituents is 1. The molecule has 108 valence electrons. The maximum Gasteiger partial charge on any atom is 0.177 e. The molecule has 0 spiro atoms. The highest BCUT2D eigenvalue weighted by Gasteiger charge is 2.17. The zero-order chi connectivity index (χ0) is 13.9. The number of hydrogen-bond acceptors (Lipinski definition) is 6. The van der Waals surface area contributed by atoms with Crippen LogP contribution in [0, 0.1) is 0 Å². The number of fused-ring (bicyclic) bond motifs is 1. The van der Waals surface area contributed by atoms with Gasteiger partial charge in [-0.2, -0.15) is 0 Å². The van der Waals surface area contributed by atoms with E-state index in [1.807, 2.05) is 0 Å². The van der Waals surface area contributed by atoms with Crippen molar-refractivity contribution in [1.29, 1.82) is 0 Å². The van der Waals surface area contributed by atoms with Gasteiger partial charge < -0.3 is 19.7 Å². The lowest BCUT2D eigenvalue weighted by molar-refractivity contribution is 0.0384. The fraction of sp³-hybridized carbons (Fsp3) is 0.500. The Kier molecular flexibility index (Phi) is 3.75. The van der Waals surface area contributed by atoms with Crippen molar-refractivity contribution in [3.8, 4) is 5.75 Å². The maximum atomic E-state index is 10.1. The molecule has 1 aliphatic heterocycles. The molecule has 0 unspecified atom stereocenters. The number of morpholine rings is 1. The van der Waals surface area contributed by atoms with Crippen LogP contribution in [-0.2, 0) is 11.2 Å². The lowest BCUT2D eigenvalue weighted by atomic mass is 10.0. The lowest BCUT2D eigenvalue weighted by Gasteiger charge is -2.26. The minimum absolute atomic E-state index is 0.297. The van der Waals surface area contributed by atoms with Crippen LogP contribution in [0.1, 0.15) is 5.56 Å². The molecule has 6 heteroatoms. The van der Waals surface area contributed by atoms with Gasteiger partial charge in [0.15, 0.2) is 11.4 Å². The third kappa shape index (κ3) is 2.44. The van der Waals surface area contributed by atoms with Crippen molar-refractivity contribution in [1.82, 2.24) is 10.1 Å². The zero-order valence-electron chi connectivity index (χ0n) is 11.6. The topological polar surface area (TPSA) is 70.8 Å². The molecule has 0 bridgehead atoms. The van der Waals surface area contributed by atoms with Gasteiger partial charge in [0.1, 0.15) is 5.75 Å². The molecule has 2 N–H and O–H groups in total. The first-order chi connectivity index (χ1) is 9.79. The second-order valence-corrected chi connectivity index (χ2v) is 4.92.